The number of benzene rings is 3. The fourth-order valence-corrected chi connectivity index (χ4v) is 2.93. The Morgan fingerprint density at radius 2 is 1.17 bits per heavy atom. The Hall–Kier alpha value is -1.91. The van der Waals surface area contributed by atoms with Crippen molar-refractivity contribution in [3.05, 3.63) is 87.3 Å². The first kappa shape index (κ1) is 16.0. The molecule has 114 valence electrons. The second kappa shape index (κ2) is 7.11. The lowest BCUT2D eigenvalue weighted by Gasteiger charge is -2.26. The predicted molar refractivity (Wildman–Crippen MR) is 102 cm³/mol. The first-order chi connectivity index (χ1) is 11.2. The molecule has 0 bridgehead atoms. The number of para-hydroxylation sites is 1. The fraction of sp³-hybridized carbons (Fsp3) is 0. The van der Waals surface area contributed by atoms with E-state index in [9.17, 15) is 4.79 Å². The van der Waals surface area contributed by atoms with E-state index in [-0.39, 0.29) is 0 Å². The number of hydrogen-bond donors (Lipinski definition) is 0. The number of rotatable bonds is 4. The first-order valence-electron chi connectivity index (χ1n) is 7.04. The van der Waals surface area contributed by atoms with Crippen molar-refractivity contribution in [3.8, 4) is 0 Å². The number of halogens is 2. The van der Waals surface area contributed by atoms with Gasteiger partial charge in [0.1, 0.15) is 0 Å². The highest BCUT2D eigenvalue weighted by molar-refractivity contribution is 9.10. The van der Waals surface area contributed by atoms with Crippen LogP contribution in [-0.4, -0.2) is 6.29 Å². The molecular formula is C19H13Br2NO. The smallest absolute Gasteiger partial charge is 0.152 e. The number of carbonyl (C=O) groups excluding carboxylic acids is 1. The van der Waals surface area contributed by atoms with Crippen LogP contribution in [0.15, 0.2) is 81.7 Å². The highest BCUT2D eigenvalue weighted by Crippen LogP contribution is 2.36. The van der Waals surface area contributed by atoms with Gasteiger partial charge in [-0.25, -0.2) is 0 Å². The van der Waals surface area contributed by atoms with Crippen LogP contribution in [0.25, 0.3) is 0 Å². The molecule has 0 heterocycles. The summed E-state index contributed by atoms with van der Waals surface area (Å²) in [5.74, 6) is 0. The predicted octanol–water partition coefficient (Wildman–Crippen LogP) is 6.49. The lowest BCUT2D eigenvalue weighted by atomic mass is 10.1. The third-order valence-electron chi connectivity index (χ3n) is 3.47. The molecule has 0 radical (unpaired) electrons. The van der Waals surface area contributed by atoms with Crippen LogP contribution in [0.2, 0.25) is 0 Å². The molecule has 0 fully saturated rings. The zero-order valence-electron chi connectivity index (χ0n) is 12.1. The Morgan fingerprint density at radius 1 is 0.696 bits per heavy atom. The van der Waals surface area contributed by atoms with Crippen molar-refractivity contribution in [2.75, 3.05) is 4.90 Å². The fourth-order valence-electron chi connectivity index (χ4n) is 2.40. The van der Waals surface area contributed by atoms with Crippen LogP contribution in [-0.2, 0) is 0 Å². The van der Waals surface area contributed by atoms with Crippen molar-refractivity contribution >= 4 is 55.2 Å². The number of carbonyl (C=O) groups is 1. The number of anilines is 3. The van der Waals surface area contributed by atoms with Gasteiger partial charge in [0.25, 0.3) is 0 Å². The van der Waals surface area contributed by atoms with Gasteiger partial charge in [-0.15, -0.1) is 0 Å². The minimum atomic E-state index is 0.651. The number of aldehydes is 1. The minimum Gasteiger partial charge on any atom is -0.310 e. The van der Waals surface area contributed by atoms with Crippen LogP contribution in [0.4, 0.5) is 17.1 Å². The standard InChI is InChI=1S/C19H13Br2NO/c20-15-5-9-17(10-6-15)22(18-11-7-16(21)8-12-18)19-4-2-1-3-14(19)13-23/h1-13H. The normalized spacial score (nSPS) is 10.3. The minimum absolute atomic E-state index is 0.651. The van der Waals surface area contributed by atoms with Gasteiger partial charge in [-0.3, -0.25) is 4.79 Å². The highest BCUT2D eigenvalue weighted by Gasteiger charge is 2.15. The van der Waals surface area contributed by atoms with Gasteiger partial charge < -0.3 is 4.90 Å². The topological polar surface area (TPSA) is 20.3 Å². The van der Waals surface area contributed by atoms with Crippen LogP contribution < -0.4 is 4.90 Å². The van der Waals surface area contributed by atoms with E-state index < -0.39 is 0 Å². The molecule has 0 saturated carbocycles. The summed E-state index contributed by atoms with van der Waals surface area (Å²) in [5, 5.41) is 0. The van der Waals surface area contributed by atoms with Crippen molar-refractivity contribution in [2.45, 2.75) is 0 Å². The summed E-state index contributed by atoms with van der Waals surface area (Å²) in [5.41, 5.74) is 3.49. The highest BCUT2D eigenvalue weighted by atomic mass is 79.9. The molecule has 3 aromatic carbocycles. The molecule has 0 amide bonds. The van der Waals surface area contributed by atoms with Gasteiger partial charge in [0.05, 0.1) is 5.69 Å². The lowest BCUT2D eigenvalue weighted by molar-refractivity contribution is 0.112. The molecule has 0 aliphatic heterocycles. The monoisotopic (exact) mass is 429 g/mol. The van der Waals surface area contributed by atoms with Crippen molar-refractivity contribution in [3.63, 3.8) is 0 Å². The Kier molecular flexibility index (Phi) is 4.94. The van der Waals surface area contributed by atoms with Gasteiger partial charge in [0.2, 0.25) is 0 Å². The van der Waals surface area contributed by atoms with Crippen LogP contribution >= 0.6 is 31.9 Å². The largest absolute Gasteiger partial charge is 0.310 e. The third kappa shape index (κ3) is 3.54. The summed E-state index contributed by atoms with van der Waals surface area (Å²) in [6, 6.07) is 23.6. The molecule has 0 saturated heterocycles. The van der Waals surface area contributed by atoms with E-state index in [1.807, 2.05) is 72.8 Å². The van der Waals surface area contributed by atoms with E-state index in [1.165, 1.54) is 0 Å². The van der Waals surface area contributed by atoms with Gasteiger partial charge in [0.15, 0.2) is 6.29 Å². The second-order valence-corrected chi connectivity index (χ2v) is 6.80. The maximum absolute atomic E-state index is 11.5. The summed E-state index contributed by atoms with van der Waals surface area (Å²) in [4.78, 5) is 13.5. The average Bonchev–Trinajstić information content (AvgIpc) is 2.59. The van der Waals surface area contributed by atoms with Crippen molar-refractivity contribution in [2.24, 2.45) is 0 Å². The van der Waals surface area contributed by atoms with Gasteiger partial charge >= 0.3 is 0 Å². The van der Waals surface area contributed by atoms with Gasteiger partial charge in [0, 0.05) is 25.9 Å². The molecule has 0 atom stereocenters. The van der Waals surface area contributed by atoms with Crippen LogP contribution in [0.5, 0.6) is 0 Å². The average molecular weight is 431 g/mol. The van der Waals surface area contributed by atoms with Crippen molar-refractivity contribution < 1.29 is 4.79 Å². The Balaban J connectivity index is 2.19. The Labute approximate surface area is 152 Å². The molecule has 0 N–H and O–H groups in total. The second-order valence-electron chi connectivity index (χ2n) is 4.96. The summed E-state index contributed by atoms with van der Waals surface area (Å²) in [6.07, 6.45) is 0.889. The molecule has 23 heavy (non-hydrogen) atoms. The molecule has 3 rings (SSSR count). The van der Waals surface area contributed by atoms with Crippen LogP contribution in [0, 0.1) is 0 Å². The maximum atomic E-state index is 11.5. The molecule has 0 spiro atoms. The SMILES string of the molecule is O=Cc1ccccc1N(c1ccc(Br)cc1)c1ccc(Br)cc1. The van der Waals surface area contributed by atoms with E-state index in [0.29, 0.717) is 5.56 Å². The van der Waals surface area contributed by atoms with Crippen LogP contribution in [0.3, 0.4) is 0 Å². The summed E-state index contributed by atoms with van der Waals surface area (Å²) in [7, 11) is 0. The zero-order valence-corrected chi connectivity index (χ0v) is 15.3. The third-order valence-corrected chi connectivity index (χ3v) is 4.53. The number of hydrogen-bond acceptors (Lipinski definition) is 2. The van der Waals surface area contributed by atoms with Gasteiger partial charge in [-0.1, -0.05) is 44.0 Å². The van der Waals surface area contributed by atoms with E-state index in [0.717, 1.165) is 32.3 Å². The van der Waals surface area contributed by atoms with E-state index in [1.54, 1.807) is 0 Å². The summed E-state index contributed by atoms with van der Waals surface area (Å²) < 4.78 is 2.03. The van der Waals surface area contributed by atoms with E-state index in [4.69, 9.17) is 0 Å². The Bertz CT molecular complexity index is 768. The van der Waals surface area contributed by atoms with Crippen molar-refractivity contribution in [1.82, 2.24) is 0 Å². The maximum Gasteiger partial charge on any atom is 0.152 e. The molecule has 0 aliphatic carbocycles. The van der Waals surface area contributed by atoms with Crippen LogP contribution in [0.1, 0.15) is 10.4 Å². The summed E-state index contributed by atoms with van der Waals surface area (Å²) >= 11 is 6.93. The summed E-state index contributed by atoms with van der Waals surface area (Å²) in [6.45, 7) is 0. The van der Waals surface area contributed by atoms with Crippen molar-refractivity contribution in [1.29, 1.82) is 0 Å². The van der Waals surface area contributed by atoms with Gasteiger partial charge in [-0.2, -0.15) is 0 Å². The molecule has 0 aromatic heterocycles. The Morgan fingerprint density at radius 3 is 1.65 bits per heavy atom. The molecular weight excluding hydrogens is 418 g/mol. The molecule has 2 nitrogen and oxygen atoms in total. The quantitative estimate of drug-likeness (QED) is 0.440. The number of nitrogens with zero attached hydrogens (tertiary/aromatic N) is 1. The van der Waals surface area contributed by atoms with Gasteiger partial charge in [-0.05, 0) is 60.7 Å². The molecule has 0 aliphatic rings. The molecule has 0 unspecified atom stereocenters. The first-order valence-corrected chi connectivity index (χ1v) is 8.63. The van der Waals surface area contributed by atoms with E-state index in [2.05, 4.69) is 36.8 Å². The molecule has 3 aromatic rings. The van der Waals surface area contributed by atoms with E-state index >= 15 is 0 Å². The lowest BCUT2D eigenvalue weighted by Crippen LogP contribution is -2.11. The zero-order chi connectivity index (χ0) is 16.2. The molecule has 4 heteroatoms.